The molecule has 1 aromatic carbocycles. The van der Waals surface area contributed by atoms with Crippen LogP contribution in [0.2, 0.25) is 0 Å². The zero-order valence-electron chi connectivity index (χ0n) is 9.94. The molecule has 0 aliphatic carbocycles. The lowest BCUT2D eigenvalue weighted by atomic mass is 10.1. The van der Waals surface area contributed by atoms with Gasteiger partial charge in [0.2, 0.25) is 0 Å². The van der Waals surface area contributed by atoms with E-state index >= 15 is 0 Å². The number of aryl methyl sites for hydroxylation is 1. The third-order valence-electron chi connectivity index (χ3n) is 2.76. The van der Waals surface area contributed by atoms with Crippen LogP contribution in [0.15, 0.2) is 35.7 Å². The number of ether oxygens (including phenoxy) is 1. The fourth-order valence-corrected chi connectivity index (χ4v) is 3.17. The van der Waals surface area contributed by atoms with Gasteiger partial charge in [-0.3, -0.25) is 0 Å². The van der Waals surface area contributed by atoms with E-state index in [1.165, 1.54) is 16.0 Å². The van der Waals surface area contributed by atoms with E-state index in [-0.39, 0.29) is 5.38 Å². The fraction of sp³-hybridized carbons (Fsp3) is 0.286. The van der Waals surface area contributed by atoms with Gasteiger partial charge in [-0.25, -0.2) is 0 Å². The van der Waals surface area contributed by atoms with Gasteiger partial charge in [0.25, 0.3) is 0 Å². The van der Waals surface area contributed by atoms with Crippen molar-refractivity contribution in [2.75, 3.05) is 7.11 Å². The summed E-state index contributed by atoms with van der Waals surface area (Å²) in [7, 11) is 1.67. The Morgan fingerprint density at radius 2 is 1.94 bits per heavy atom. The predicted octanol–water partition coefficient (Wildman–Crippen LogP) is 4.59. The Morgan fingerprint density at radius 3 is 2.47 bits per heavy atom. The lowest BCUT2D eigenvalue weighted by molar-refractivity contribution is 0.414. The van der Waals surface area contributed by atoms with Crippen LogP contribution in [0, 0.1) is 6.92 Å². The van der Waals surface area contributed by atoms with Gasteiger partial charge in [-0.05, 0) is 48.1 Å². The van der Waals surface area contributed by atoms with Gasteiger partial charge in [0.15, 0.2) is 0 Å². The number of benzene rings is 1. The van der Waals surface area contributed by atoms with Crippen molar-refractivity contribution in [2.24, 2.45) is 0 Å². The molecular weight excluding hydrogens is 252 g/mol. The van der Waals surface area contributed by atoms with E-state index in [0.29, 0.717) is 0 Å². The molecule has 3 heteroatoms. The molecule has 0 spiro atoms. The van der Waals surface area contributed by atoms with Gasteiger partial charge in [-0.1, -0.05) is 12.1 Å². The first-order valence-electron chi connectivity index (χ1n) is 5.51. The molecule has 0 saturated carbocycles. The van der Waals surface area contributed by atoms with E-state index in [1.54, 1.807) is 18.4 Å². The van der Waals surface area contributed by atoms with Gasteiger partial charge in [-0.2, -0.15) is 0 Å². The Labute approximate surface area is 111 Å². The first-order chi connectivity index (χ1) is 8.20. The number of hydrogen-bond acceptors (Lipinski definition) is 2. The summed E-state index contributed by atoms with van der Waals surface area (Å²) in [5.41, 5.74) is 2.52. The van der Waals surface area contributed by atoms with Crippen molar-refractivity contribution in [1.29, 1.82) is 0 Å². The normalized spacial score (nSPS) is 12.4. The number of rotatable bonds is 4. The van der Waals surface area contributed by atoms with Crippen molar-refractivity contribution < 1.29 is 4.74 Å². The second kappa shape index (κ2) is 5.56. The van der Waals surface area contributed by atoms with E-state index in [1.807, 2.05) is 12.1 Å². The first kappa shape index (κ1) is 12.5. The second-order valence-electron chi connectivity index (χ2n) is 3.99. The number of alkyl halides is 1. The maximum atomic E-state index is 6.44. The van der Waals surface area contributed by atoms with Crippen molar-refractivity contribution in [3.05, 3.63) is 51.7 Å². The molecule has 0 saturated heterocycles. The number of halogens is 1. The average Bonchev–Trinajstić information content (AvgIpc) is 2.76. The van der Waals surface area contributed by atoms with E-state index in [9.17, 15) is 0 Å². The summed E-state index contributed by atoms with van der Waals surface area (Å²) in [6, 6.07) is 10.2. The molecule has 0 fully saturated rings. The average molecular weight is 267 g/mol. The summed E-state index contributed by atoms with van der Waals surface area (Å²) in [6.07, 6.45) is 0.854. The predicted molar refractivity (Wildman–Crippen MR) is 74.3 cm³/mol. The van der Waals surface area contributed by atoms with E-state index in [0.717, 1.165) is 12.2 Å². The van der Waals surface area contributed by atoms with Crippen LogP contribution in [-0.2, 0) is 6.42 Å². The molecule has 1 nitrogen and oxygen atoms in total. The number of methoxy groups -OCH3 is 1. The van der Waals surface area contributed by atoms with E-state index in [2.05, 4.69) is 30.5 Å². The Morgan fingerprint density at radius 1 is 1.24 bits per heavy atom. The highest BCUT2D eigenvalue weighted by molar-refractivity contribution is 7.10. The van der Waals surface area contributed by atoms with Crippen LogP contribution in [-0.4, -0.2) is 7.11 Å². The molecule has 2 rings (SSSR count). The smallest absolute Gasteiger partial charge is 0.118 e. The number of hydrogen-bond donors (Lipinski definition) is 0. The third-order valence-corrected chi connectivity index (χ3v) is 4.39. The van der Waals surface area contributed by atoms with Crippen LogP contribution in [0.3, 0.4) is 0 Å². The minimum absolute atomic E-state index is 0.0587. The highest BCUT2D eigenvalue weighted by atomic mass is 35.5. The summed E-state index contributed by atoms with van der Waals surface area (Å²) in [5.74, 6) is 0.882. The van der Waals surface area contributed by atoms with Crippen molar-refractivity contribution in [1.82, 2.24) is 0 Å². The van der Waals surface area contributed by atoms with Crippen LogP contribution in [0.5, 0.6) is 5.75 Å². The van der Waals surface area contributed by atoms with Crippen molar-refractivity contribution in [3.63, 3.8) is 0 Å². The molecule has 1 atom stereocenters. The second-order valence-corrected chi connectivity index (χ2v) is 5.46. The van der Waals surface area contributed by atoms with Gasteiger partial charge in [-0.15, -0.1) is 22.9 Å². The van der Waals surface area contributed by atoms with Crippen LogP contribution in [0.4, 0.5) is 0 Å². The van der Waals surface area contributed by atoms with Gasteiger partial charge >= 0.3 is 0 Å². The molecule has 0 amide bonds. The van der Waals surface area contributed by atoms with Crippen LogP contribution in [0.1, 0.15) is 21.4 Å². The molecule has 0 aliphatic rings. The molecular formula is C14H15ClOS. The Bertz CT molecular complexity index is 475. The lowest BCUT2D eigenvalue weighted by Crippen LogP contribution is -1.95. The Kier molecular flexibility index (Phi) is 4.08. The molecule has 0 aliphatic heterocycles. The summed E-state index contributed by atoms with van der Waals surface area (Å²) in [4.78, 5) is 1.27. The highest BCUT2D eigenvalue weighted by Gasteiger charge is 2.12. The van der Waals surface area contributed by atoms with Crippen LogP contribution >= 0.6 is 22.9 Å². The molecule has 1 unspecified atom stereocenters. The standard InChI is InChI=1S/C14H15ClOS/c1-10-7-8-17-14(10)13(15)9-11-3-5-12(16-2)6-4-11/h3-8,13H,9H2,1-2H3. The maximum Gasteiger partial charge on any atom is 0.118 e. The van der Waals surface area contributed by atoms with E-state index < -0.39 is 0 Å². The summed E-state index contributed by atoms with van der Waals surface area (Å²) < 4.78 is 5.13. The van der Waals surface area contributed by atoms with Gasteiger partial charge in [0.05, 0.1) is 12.5 Å². The minimum Gasteiger partial charge on any atom is -0.497 e. The molecule has 0 N–H and O–H groups in total. The van der Waals surface area contributed by atoms with Gasteiger partial charge < -0.3 is 4.74 Å². The molecule has 0 radical (unpaired) electrons. The van der Waals surface area contributed by atoms with Crippen LogP contribution in [0.25, 0.3) is 0 Å². The highest BCUT2D eigenvalue weighted by Crippen LogP contribution is 2.32. The van der Waals surface area contributed by atoms with Crippen molar-refractivity contribution in [2.45, 2.75) is 18.7 Å². The first-order valence-corrected chi connectivity index (χ1v) is 6.83. The monoisotopic (exact) mass is 266 g/mol. The SMILES string of the molecule is COc1ccc(CC(Cl)c2sccc2C)cc1. The molecule has 0 bridgehead atoms. The minimum atomic E-state index is 0.0587. The number of thiophene rings is 1. The summed E-state index contributed by atoms with van der Waals surface area (Å²) in [5, 5.41) is 2.15. The molecule has 2 aromatic rings. The largest absolute Gasteiger partial charge is 0.497 e. The molecule has 17 heavy (non-hydrogen) atoms. The van der Waals surface area contributed by atoms with Crippen LogP contribution < -0.4 is 4.74 Å². The molecule has 90 valence electrons. The zero-order valence-corrected chi connectivity index (χ0v) is 11.5. The molecule has 1 aromatic heterocycles. The van der Waals surface area contributed by atoms with Crippen molar-refractivity contribution in [3.8, 4) is 5.75 Å². The lowest BCUT2D eigenvalue weighted by Gasteiger charge is -2.09. The maximum absolute atomic E-state index is 6.44. The Balaban J connectivity index is 2.07. The topological polar surface area (TPSA) is 9.23 Å². The fourth-order valence-electron chi connectivity index (χ4n) is 1.77. The van der Waals surface area contributed by atoms with Gasteiger partial charge in [0.1, 0.15) is 5.75 Å². The summed E-state index contributed by atoms with van der Waals surface area (Å²) >= 11 is 8.17. The summed E-state index contributed by atoms with van der Waals surface area (Å²) in [6.45, 7) is 2.11. The zero-order chi connectivity index (χ0) is 12.3. The van der Waals surface area contributed by atoms with Gasteiger partial charge in [0, 0.05) is 4.88 Å². The molecule has 1 heterocycles. The van der Waals surface area contributed by atoms with E-state index in [4.69, 9.17) is 16.3 Å². The Hall–Kier alpha value is -0.990. The third kappa shape index (κ3) is 3.02. The quantitative estimate of drug-likeness (QED) is 0.736. The van der Waals surface area contributed by atoms with Crippen molar-refractivity contribution >= 4 is 22.9 Å².